The van der Waals surface area contributed by atoms with Crippen molar-refractivity contribution in [2.75, 3.05) is 0 Å². The quantitative estimate of drug-likeness (QED) is 0.746. The Labute approximate surface area is 97.1 Å². The van der Waals surface area contributed by atoms with Gasteiger partial charge in [0.15, 0.2) is 0 Å². The van der Waals surface area contributed by atoms with Gasteiger partial charge in [0.25, 0.3) is 0 Å². The fraction of sp³-hybridized carbons (Fsp3) is 0.429. The summed E-state index contributed by atoms with van der Waals surface area (Å²) < 4.78 is 0. The number of nitriles is 2. The van der Waals surface area contributed by atoms with Crippen molar-refractivity contribution in [3.8, 4) is 12.1 Å². The van der Waals surface area contributed by atoms with Crippen LogP contribution in [-0.4, -0.2) is 0 Å². The molecule has 0 spiro atoms. The topological polar surface area (TPSA) is 47.6 Å². The summed E-state index contributed by atoms with van der Waals surface area (Å²) in [6, 6.07) is 12.0. The summed E-state index contributed by atoms with van der Waals surface area (Å²) in [5, 5.41) is 17.6. The molecule has 0 amide bonds. The lowest BCUT2D eigenvalue weighted by atomic mass is 9.90. The van der Waals surface area contributed by atoms with Gasteiger partial charge in [-0.3, -0.25) is 0 Å². The fourth-order valence-corrected chi connectivity index (χ4v) is 1.81. The number of hydrogen-bond acceptors (Lipinski definition) is 2. The summed E-state index contributed by atoms with van der Waals surface area (Å²) in [4.78, 5) is 0. The number of unbranched alkanes of at least 4 members (excludes halogenated alkanes) is 1. The van der Waals surface area contributed by atoms with Crippen molar-refractivity contribution >= 4 is 0 Å². The van der Waals surface area contributed by atoms with Crippen LogP contribution in [0.25, 0.3) is 0 Å². The van der Waals surface area contributed by atoms with Crippen LogP contribution >= 0.6 is 0 Å². The molecule has 0 bridgehead atoms. The van der Waals surface area contributed by atoms with Gasteiger partial charge in [-0.15, -0.1) is 0 Å². The van der Waals surface area contributed by atoms with Crippen molar-refractivity contribution < 1.29 is 0 Å². The molecule has 82 valence electrons. The largest absolute Gasteiger partial charge is 0.198 e. The molecule has 16 heavy (non-hydrogen) atoms. The maximum Gasteiger partial charge on any atom is 0.0991 e. The van der Waals surface area contributed by atoms with Crippen molar-refractivity contribution in [3.63, 3.8) is 0 Å². The van der Waals surface area contributed by atoms with E-state index in [4.69, 9.17) is 10.5 Å². The molecule has 1 aromatic carbocycles. The van der Waals surface area contributed by atoms with Crippen LogP contribution in [0.1, 0.15) is 49.7 Å². The predicted octanol–water partition coefficient (Wildman–Crippen LogP) is 3.75. The third kappa shape index (κ3) is 3.41. The van der Waals surface area contributed by atoms with Crippen LogP contribution in [0.2, 0.25) is 0 Å². The second-order valence-electron chi connectivity index (χ2n) is 3.94. The first-order valence-corrected chi connectivity index (χ1v) is 5.68. The highest BCUT2D eigenvalue weighted by Crippen LogP contribution is 2.25. The van der Waals surface area contributed by atoms with Gasteiger partial charge >= 0.3 is 0 Å². The second kappa shape index (κ2) is 6.64. The first kappa shape index (κ1) is 12.3. The first-order valence-electron chi connectivity index (χ1n) is 5.68. The molecule has 0 aromatic heterocycles. The predicted molar refractivity (Wildman–Crippen MR) is 63.7 cm³/mol. The minimum atomic E-state index is 0.276. The highest BCUT2D eigenvalue weighted by molar-refractivity contribution is 5.34. The molecule has 0 N–H and O–H groups in total. The molecule has 2 nitrogen and oxygen atoms in total. The molecule has 0 aliphatic heterocycles. The third-order valence-electron chi connectivity index (χ3n) is 2.73. The van der Waals surface area contributed by atoms with E-state index in [2.05, 4.69) is 19.1 Å². The van der Waals surface area contributed by atoms with E-state index in [1.807, 2.05) is 18.2 Å². The average Bonchev–Trinajstić information content (AvgIpc) is 2.34. The lowest BCUT2D eigenvalue weighted by molar-refractivity contribution is 0.593. The molecule has 0 saturated heterocycles. The van der Waals surface area contributed by atoms with E-state index in [-0.39, 0.29) is 5.92 Å². The Morgan fingerprint density at radius 1 is 1.31 bits per heavy atom. The van der Waals surface area contributed by atoms with E-state index in [1.54, 1.807) is 6.07 Å². The SMILES string of the molecule is CCCCC(CC#N)c1cccc(C#N)c1. The molecule has 0 heterocycles. The Morgan fingerprint density at radius 3 is 2.75 bits per heavy atom. The first-order chi connectivity index (χ1) is 7.81. The molecular weight excluding hydrogens is 196 g/mol. The van der Waals surface area contributed by atoms with E-state index in [9.17, 15) is 0 Å². The lowest BCUT2D eigenvalue weighted by Gasteiger charge is -2.13. The molecule has 1 aromatic rings. The molecule has 2 heteroatoms. The molecule has 0 aliphatic carbocycles. The fourth-order valence-electron chi connectivity index (χ4n) is 1.81. The van der Waals surface area contributed by atoms with E-state index < -0.39 is 0 Å². The third-order valence-corrected chi connectivity index (χ3v) is 2.73. The molecule has 1 unspecified atom stereocenters. The highest BCUT2D eigenvalue weighted by Gasteiger charge is 2.10. The van der Waals surface area contributed by atoms with Gasteiger partial charge in [-0.05, 0) is 30.0 Å². The Kier molecular flexibility index (Phi) is 5.09. The second-order valence-corrected chi connectivity index (χ2v) is 3.94. The van der Waals surface area contributed by atoms with Crippen LogP contribution in [0.3, 0.4) is 0 Å². The standard InChI is InChI=1S/C14H16N2/c1-2-3-6-13(8-9-15)14-7-4-5-12(10-14)11-16/h4-5,7,10,13H,2-3,6,8H2,1H3. The molecule has 1 atom stereocenters. The lowest BCUT2D eigenvalue weighted by Crippen LogP contribution is -1.98. The van der Waals surface area contributed by atoms with Crippen LogP contribution < -0.4 is 0 Å². The van der Waals surface area contributed by atoms with Crippen LogP contribution in [0, 0.1) is 22.7 Å². The number of benzene rings is 1. The van der Waals surface area contributed by atoms with E-state index >= 15 is 0 Å². The van der Waals surface area contributed by atoms with Gasteiger partial charge in [0.05, 0.1) is 17.7 Å². The Hall–Kier alpha value is -1.80. The van der Waals surface area contributed by atoms with Crippen molar-refractivity contribution in [2.24, 2.45) is 0 Å². The number of hydrogen-bond donors (Lipinski definition) is 0. The summed E-state index contributed by atoms with van der Waals surface area (Å²) in [6.07, 6.45) is 3.83. The highest BCUT2D eigenvalue weighted by atomic mass is 14.3. The summed E-state index contributed by atoms with van der Waals surface area (Å²) >= 11 is 0. The summed E-state index contributed by atoms with van der Waals surface area (Å²) in [5.41, 5.74) is 1.80. The molecule has 1 rings (SSSR count). The molecule has 0 saturated carbocycles. The number of nitrogens with zero attached hydrogens (tertiary/aromatic N) is 2. The monoisotopic (exact) mass is 212 g/mol. The summed E-state index contributed by atoms with van der Waals surface area (Å²) in [5.74, 6) is 0.276. The number of rotatable bonds is 5. The Bertz CT molecular complexity index is 409. The van der Waals surface area contributed by atoms with Gasteiger partial charge in [0, 0.05) is 6.42 Å². The van der Waals surface area contributed by atoms with Crippen LogP contribution in [0.15, 0.2) is 24.3 Å². The maximum absolute atomic E-state index is 8.83. The van der Waals surface area contributed by atoms with Crippen molar-refractivity contribution in [1.29, 1.82) is 10.5 Å². The molecule has 0 aliphatic rings. The minimum Gasteiger partial charge on any atom is -0.198 e. The minimum absolute atomic E-state index is 0.276. The van der Waals surface area contributed by atoms with Gasteiger partial charge in [-0.1, -0.05) is 31.9 Å². The zero-order chi connectivity index (χ0) is 11.8. The van der Waals surface area contributed by atoms with Crippen molar-refractivity contribution in [2.45, 2.75) is 38.5 Å². The summed E-state index contributed by atoms with van der Waals surface area (Å²) in [7, 11) is 0. The summed E-state index contributed by atoms with van der Waals surface area (Å²) in [6.45, 7) is 2.15. The molecule has 0 radical (unpaired) electrons. The zero-order valence-corrected chi connectivity index (χ0v) is 9.61. The van der Waals surface area contributed by atoms with Gasteiger partial charge in [0.1, 0.15) is 0 Å². The average molecular weight is 212 g/mol. The Morgan fingerprint density at radius 2 is 2.12 bits per heavy atom. The van der Waals surface area contributed by atoms with Crippen LogP contribution in [0.4, 0.5) is 0 Å². The zero-order valence-electron chi connectivity index (χ0n) is 9.61. The van der Waals surface area contributed by atoms with Crippen LogP contribution in [-0.2, 0) is 0 Å². The molecule has 0 fully saturated rings. The molecular formula is C14H16N2. The van der Waals surface area contributed by atoms with E-state index in [0.717, 1.165) is 24.8 Å². The smallest absolute Gasteiger partial charge is 0.0991 e. The van der Waals surface area contributed by atoms with E-state index in [1.165, 1.54) is 0 Å². The van der Waals surface area contributed by atoms with Crippen molar-refractivity contribution in [1.82, 2.24) is 0 Å². The Balaban J connectivity index is 2.84. The van der Waals surface area contributed by atoms with Gasteiger partial charge in [-0.25, -0.2) is 0 Å². The van der Waals surface area contributed by atoms with Crippen molar-refractivity contribution in [3.05, 3.63) is 35.4 Å². The maximum atomic E-state index is 8.83. The van der Waals surface area contributed by atoms with Gasteiger partial charge in [0.2, 0.25) is 0 Å². The van der Waals surface area contributed by atoms with Gasteiger partial charge in [-0.2, -0.15) is 10.5 Å². The van der Waals surface area contributed by atoms with Crippen LogP contribution in [0.5, 0.6) is 0 Å². The normalized spacial score (nSPS) is 11.4. The van der Waals surface area contributed by atoms with E-state index in [0.29, 0.717) is 12.0 Å². The van der Waals surface area contributed by atoms with Gasteiger partial charge < -0.3 is 0 Å².